The lowest BCUT2D eigenvalue weighted by Gasteiger charge is -2.14. The van der Waals surface area contributed by atoms with Crippen LogP contribution in [0.3, 0.4) is 0 Å². The highest BCUT2D eigenvalue weighted by atomic mass is 32.1. The predicted molar refractivity (Wildman–Crippen MR) is 70.8 cm³/mol. The van der Waals surface area contributed by atoms with Crippen molar-refractivity contribution in [3.63, 3.8) is 0 Å². The van der Waals surface area contributed by atoms with Crippen molar-refractivity contribution in [1.29, 1.82) is 0 Å². The van der Waals surface area contributed by atoms with Crippen LogP contribution in [0.15, 0.2) is 23.6 Å². The molecule has 0 amide bonds. The third kappa shape index (κ3) is 2.31. The molecule has 96 valence electrons. The normalized spacial score (nSPS) is 12.7. The average molecular weight is 267 g/mol. The van der Waals surface area contributed by atoms with Gasteiger partial charge in [-0.3, -0.25) is 0 Å². The Hall–Kier alpha value is -1.26. The lowest BCUT2D eigenvalue weighted by atomic mass is 10.00. The molecule has 1 aromatic heterocycles. The second kappa shape index (κ2) is 5.16. The summed E-state index contributed by atoms with van der Waals surface area (Å²) in [5.74, 6) is -1.12. The molecule has 0 spiro atoms. The van der Waals surface area contributed by atoms with Crippen LogP contribution in [0.1, 0.15) is 34.5 Å². The van der Waals surface area contributed by atoms with Crippen LogP contribution in [0.25, 0.3) is 0 Å². The summed E-state index contributed by atoms with van der Waals surface area (Å²) in [5.41, 5.74) is 7.99. The highest BCUT2D eigenvalue weighted by Gasteiger charge is 2.19. The topological polar surface area (TPSA) is 26.0 Å². The number of aryl methyl sites for hydroxylation is 2. The minimum Gasteiger partial charge on any atom is -0.320 e. The zero-order chi connectivity index (χ0) is 13.3. The van der Waals surface area contributed by atoms with E-state index >= 15 is 0 Å². The average Bonchev–Trinajstić information content (AvgIpc) is 2.81. The number of benzene rings is 1. The van der Waals surface area contributed by atoms with Crippen LogP contribution in [-0.4, -0.2) is 0 Å². The summed E-state index contributed by atoms with van der Waals surface area (Å²) >= 11 is 1.51. The summed E-state index contributed by atoms with van der Waals surface area (Å²) in [7, 11) is 0. The number of nitrogens with two attached hydrogens (primary N) is 1. The number of hydrogen-bond acceptors (Lipinski definition) is 2. The summed E-state index contributed by atoms with van der Waals surface area (Å²) in [4.78, 5) is 0.947. The van der Waals surface area contributed by atoms with Gasteiger partial charge in [0.1, 0.15) is 11.6 Å². The SMILES string of the molecule is CCc1ccsc1C(N)c1cc(C)c(F)cc1F. The van der Waals surface area contributed by atoms with Gasteiger partial charge < -0.3 is 5.73 Å². The summed E-state index contributed by atoms with van der Waals surface area (Å²) in [5, 5.41) is 1.95. The first-order chi connectivity index (χ1) is 8.54. The summed E-state index contributed by atoms with van der Waals surface area (Å²) in [6.45, 7) is 3.64. The van der Waals surface area contributed by atoms with E-state index in [9.17, 15) is 8.78 Å². The molecule has 1 atom stereocenters. The molecule has 1 heterocycles. The Kier molecular flexibility index (Phi) is 3.78. The molecular weight excluding hydrogens is 252 g/mol. The highest BCUT2D eigenvalue weighted by Crippen LogP contribution is 2.30. The first kappa shape index (κ1) is 13.2. The van der Waals surface area contributed by atoms with Crippen LogP contribution in [0, 0.1) is 18.6 Å². The maximum Gasteiger partial charge on any atom is 0.131 e. The van der Waals surface area contributed by atoms with Gasteiger partial charge in [0.15, 0.2) is 0 Å². The van der Waals surface area contributed by atoms with Crippen molar-refractivity contribution < 1.29 is 8.78 Å². The second-order valence-electron chi connectivity index (χ2n) is 4.26. The minimum absolute atomic E-state index is 0.353. The van der Waals surface area contributed by atoms with E-state index in [1.807, 2.05) is 18.4 Å². The molecule has 0 aliphatic heterocycles. The number of halogens is 2. The van der Waals surface area contributed by atoms with Crippen LogP contribution in [0.4, 0.5) is 8.78 Å². The molecule has 0 bridgehead atoms. The fraction of sp³-hybridized carbons (Fsp3) is 0.286. The van der Waals surface area contributed by atoms with Gasteiger partial charge in [-0.1, -0.05) is 6.92 Å². The molecular formula is C14H15F2NS. The van der Waals surface area contributed by atoms with Crippen LogP contribution >= 0.6 is 11.3 Å². The Morgan fingerprint density at radius 2 is 2.00 bits per heavy atom. The molecule has 0 radical (unpaired) electrons. The fourth-order valence-corrected chi connectivity index (χ4v) is 2.99. The smallest absolute Gasteiger partial charge is 0.131 e. The van der Waals surface area contributed by atoms with E-state index in [4.69, 9.17) is 5.73 Å². The van der Waals surface area contributed by atoms with E-state index in [0.29, 0.717) is 11.1 Å². The van der Waals surface area contributed by atoms with Gasteiger partial charge in [-0.05, 0) is 42.0 Å². The lowest BCUT2D eigenvalue weighted by molar-refractivity contribution is 0.561. The minimum atomic E-state index is -0.582. The maximum absolute atomic E-state index is 13.8. The van der Waals surface area contributed by atoms with Gasteiger partial charge in [0, 0.05) is 16.5 Å². The van der Waals surface area contributed by atoms with Crippen LogP contribution in [0.5, 0.6) is 0 Å². The maximum atomic E-state index is 13.8. The van der Waals surface area contributed by atoms with Gasteiger partial charge in [-0.25, -0.2) is 8.78 Å². The lowest BCUT2D eigenvalue weighted by Crippen LogP contribution is -2.14. The first-order valence-electron chi connectivity index (χ1n) is 5.82. The number of thiophene rings is 1. The molecule has 2 rings (SSSR count). The van der Waals surface area contributed by atoms with Crippen molar-refractivity contribution in [3.05, 3.63) is 56.8 Å². The van der Waals surface area contributed by atoms with E-state index in [0.717, 1.165) is 22.9 Å². The Labute approximate surface area is 109 Å². The van der Waals surface area contributed by atoms with Crippen LogP contribution in [-0.2, 0) is 6.42 Å². The highest BCUT2D eigenvalue weighted by molar-refractivity contribution is 7.10. The molecule has 1 nitrogen and oxygen atoms in total. The van der Waals surface area contributed by atoms with Gasteiger partial charge in [-0.2, -0.15) is 0 Å². The molecule has 18 heavy (non-hydrogen) atoms. The Morgan fingerprint density at radius 1 is 1.28 bits per heavy atom. The van der Waals surface area contributed by atoms with Crippen molar-refractivity contribution in [1.82, 2.24) is 0 Å². The standard InChI is InChI=1S/C14H15F2NS/c1-3-9-4-5-18-14(9)13(17)10-6-8(2)11(15)7-12(10)16/h4-7,13H,3,17H2,1-2H3. The third-order valence-electron chi connectivity index (χ3n) is 3.06. The van der Waals surface area contributed by atoms with E-state index in [1.165, 1.54) is 17.4 Å². The molecule has 0 aliphatic rings. The summed E-state index contributed by atoms with van der Waals surface area (Å²) < 4.78 is 27.0. The molecule has 0 saturated carbocycles. The predicted octanol–water partition coefficient (Wildman–Crippen LogP) is 3.95. The van der Waals surface area contributed by atoms with Crippen LogP contribution < -0.4 is 5.73 Å². The molecule has 1 aromatic carbocycles. The van der Waals surface area contributed by atoms with Crippen LogP contribution in [0.2, 0.25) is 0 Å². The Morgan fingerprint density at radius 3 is 2.67 bits per heavy atom. The van der Waals surface area contributed by atoms with E-state index in [-0.39, 0.29) is 0 Å². The zero-order valence-electron chi connectivity index (χ0n) is 10.3. The number of rotatable bonds is 3. The molecule has 1 unspecified atom stereocenters. The summed E-state index contributed by atoms with van der Waals surface area (Å²) in [6, 6.07) is 3.87. The van der Waals surface area contributed by atoms with E-state index in [2.05, 4.69) is 0 Å². The zero-order valence-corrected chi connectivity index (χ0v) is 11.2. The molecule has 0 saturated heterocycles. The largest absolute Gasteiger partial charge is 0.320 e. The molecule has 2 N–H and O–H groups in total. The van der Waals surface area contributed by atoms with E-state index < -0.39 is 17.7 Å². The molecule has 4 heteroatoms. The first-order valence-corrected chi connectivity index (χ1v) is 6.70. The van der Waals surface area contributed by atoms with Gasteiger partial charge in [0.05, 0.1) is 6.04 Å². The number of hydrogen-bond donors (Lipinski definition) is 1. The van der Waals surface area contributed by atoms with Crippen molar-refractivity contribution >= 4 is 11.3 Å². The van der Waals surface area contributed by atoms with Crippen molar-refractivity contribution in [3.8, 4) is 0 Å². The van der Waals surface area contributed by atoms with Crippen molar-refractivity contribution in [2.24, 2.45) is 5.73 Å². The molecule has 2 aromatic rings. The van der Waals surface area contributed by atoms with E-state index in [1.54, 1.807) is 6.92 Å². The van der Waals surface area contributed by atoms with Crippen molar-refractivity contribution in [2.75, 3.05) is 0 Å². The fourth-order valence-electron chi connectivity index (χ4n) is 1.97. The van der Waals surface area contributed by atoms with Gasteiger partial charge in [0.2, 0.25) is 0 Å². The Balaban J connectivity index is 2.46. The van der Waals surface area contributed by atoms with Crippen molar-refractivity contribution in [2.45, 2.75) is 26.3 Å². The van der Waals surface area contributed by atoms with Gasteiger partial charge in [0.25, 0.3) is 0 Å². The van der Waals surface area contributed by atoms with Gasteiger partial charge in [-0.15, -0.1) is 11.3 Å². The quantitative estimate of drug-likeness (QED) is 0.895. The Bertz CT molecular complexity index is 563. The summed E-state index contributed by atoms with van der Waals surface area (Å²) in [6.07, 6.45) is 0.855. The molecule has 0 aliphatic carbocycles. The second-order valence-corrected chi connectivity index (χ2v) is 5.21. The molecule has 0 fully saturated rings. The van der Waals surface area contributed by atoms with Gasteiger partial charge >= 0.3 is 0 Å². The monoisotopic (exact) mass is 267 g/mol. The third-order valence-corrected chi connectivity index (χ3v) is 4.10.